The number of carbonyl (C=O) groups excluding carboxylic acids is 1. The summed E-state index contributed by atoms with van der Waals surface area (Å²) in [5, 5.41) is 20.3. The lowest BCUT2D eigenvalue weighted by Crippen LogP contribution is -2.30. The molecule has 6 rings (SSSR count). The number of fused-ring (bicyclic) bond motifs is 1. The van der Waals surface area contributed by atoms with E-state index in [2.05, 4.69) is 11.4 Å². The molecule has 2 aliphatic rings. The Morgan fingerprint density at radius 1 is 1.02 bits per heavy atom. The van der Waals surface area contributed by atoms with Crippen LogP contribution >= 0.6 is 11.3 Å². The second-order valence-electron chi connectivity index (χ2n) is 10.0. The van der Waals surface area contributed by atoms with Crippen molar-refractivity contribution in [1.29, 1.82) is 0 Å². The van der Waals surface area contributed by atoms with Crippen LogP contribution in [0.2, 0.25) is 0 Å². The molecule has 0 saturated heterocycles. The van der Waals surface area contributed by atoms with Gasteiger partial charge in [0, 0.05) is 51.6 Å². The van der Waals surface area contributed by atoms with Crippen LogP contribution in [0.5, 0.6) is 17.2 Å². The summed E-state index contributed by atoms with van der Waals surface area (Å²) in [5.74, 6) is 0.670. The molecule has 0 saturated carbocycles. The first-order valence-corrected chi connectivity index (χ1v) is 14.0. The summed E-state index contributed by atoms with van der Waals surface area (Å²) in [5.41, 5.74) is 4.17. The van der Waals surface area contributed by atoms with Gasteiger partial charge in [0.1, 0.15) is 11.6 Å². The predicted octanol–water partition coefficient (Wildman–Crippen LogP) is 5.92. The minimum Gasteiger partial charge on any atom is -0.496 e. The van der Waals surface area contributed by atoms with E-state index < -0.39 is 11.9 Å². The number of aromatic nitrogens is 2. The summed E-state index contributed by atoms with van der Waals surface area (Å²) in [6.45, 7) is 1.87. The van der Waals surface area contributed by atoms with Crippen molar-refractivity contribution < 1.29 is 28.9 Å². The minimum atomic E-state index is -1.05. The molecule has 2 aromatic heterocycles. The highest BCUT2D eigenvalue weighted by atomic mass is 32.1. The number of carboxylic acids is 1. The molecule has 1 aliphatic carbocycles. The molecule has 0 fully saturated rings. The molecular weight excluding hydrogens is 542 g/mol. The van der Waals surface area contributed by atoms with Gasteiger partial charge in [0.05, 0.1) is 38.3 Å². The van der Waals surface area contributed by atoms with E-state index in [1.165, 1.54) is 0 Å². The third kappa shape index (κ3) is 4.35. The van der Waals surface area contributed by atoms with Crippen molar-refractivity contribution in [3.8, 4) is 22.9 Å². The molecule has 2 atom stereocenters. The van der Waals surface area contributed by atoms with E-state index in [0.29, 0.717) is 52.9 Å². The first kappa shape index (κ1) is 26.6. The molecule has 3 heterocycles. The van der Waals surface area contributed by atoms with Crippen molar-refractivity contribution in [2.24, 2.45) is 0 Å². The molecule has 4 aromatic rings. The fourth-order valence-corrected chi connectivity index (χ4v) is 6.83. The van der Waals surface area contributed by atoms with Crippen molar-refractivity contribution >= 4 is 28.9 Å². The first-order chi connectivity index (χ1) is 19.9. The third-order valence-corrected chi connectivity index (χ3v) is 8.85. The van der Waals surface area contributed by atoms with E-state index in [9.17, 15) is 14.7 Å². The molecule has 41 heavy (non-hydrogen) atoms. The number of ketones is 1. The number of allylic oxidation sites excluding steroid dienone is 2. The van der Waals surface area contributed by atoms with Crippen molar-refractivity contribution in [1.82, 2.24) is 9.78 Å². The number of anilines is 1. The molecule has 2 N–H and O–H groups in total. The Balaban J connectivity index is 1.62. The summed E-state index contributed by atoms with van der Waals surface area (Å²) in [6.07, 6.45) is 1.01. The fraction of sp³-hybridized carbons (Fsp3) is 0.258. The predicted molar refractivity (Wildman–Crippen MR) is 155 cm³/mol. The van der Waals surface area contributed by atoms with Gasteiger partial charge in [0.25, 0.3) is 0 Å². The van der Waals surface area contributed by atoms with E-state index in [4.69, 9.17) is 19.3 Å². The van der Waals surface area contributed by atoms with Crippen LogP contribution in [0, 0.1) is 6.92 Å². The van der Waals surface area contributed by atoms with Gasteiger partial charge in [0.2, 0.25) is 0 Å². The number of rotatable bonds is 7. The quantitative estimate of drug-likeness (QED) is 0.281. The van der Waals surface area contributed by atoms with Crippen molar-refractivity contribution in [3.05, 3.63) is 92.4 Å². The molecule has 2 aromatic carbocycles. The Morgan fingerprint density at radius 3 is 2.44 bits per heavy atom. The highest BCUT2D eigenvalue weighted by Gasteiger charge is 2.43. The van der Waals surface area contributed by atoms with Crippen LogP contribution in [0.3, 0.4) is 0 Å². The number of aromatic carboxylic acids is 1. The number of thiophene rings is 1. The zero-order valence-electron chi connectivity index (χ0n) is 23.1. The summed E-state index contributed by atoms with van der Waals surface area (Å²) in [7, 11) is 4.71. The van der Waals surface area contributed by atoms with Gasteiger partial charge in [-0.25, -0.2) is 9.48 Å². The van der Waals surface area contributed by atoms with Crippen LogP contribution in [-0.4, -0.2) is 48.0 Å². The molecule has 1 aliphatic heterocycles. The Hall–Kier alpha value is -4.57. The van der Waals surface area contributed by atoms with Crippen molar-refractivity contribution in [3.63, 3.8) is 0 Å². The number of benzene rings is 2. The zero-order chi connectivity index (χ0) is 28.8. The summed E-state index contributed by atoms with van der Waals surface area (Å²) < 4.78 is 18.7. The Bertz CT molecular complexity index is 1700. The van der Waals surface area contributed by atoms with Gasteiger partial charge in [-0.3, -0.25) is 4.79 Å². The van der Waals surface area contributed by atoms with E-state index in [1.54, 1.807) is 67.7 Å². The molecular formula is C31H29N3O6S. The van der Waals surface area contributed by atoms with Crippen molar-refractivity contribution in [2.45, 2.75) is 31.6 Å². The van der Waals surface area contributed by atoms with Gasteiger partial charge in [-0.1, -0.05) is 18.2 Å². The van der Waals surface area contributed by atoms with Gasteiger partial charge in [-0.15, -0.1) is 11.3 Å². The molecule has 210 valence electrons. The number of carboxylic acid groups (broad SMARTS) is 1. The maximum atomic E-state index is 14.0. The lowest BCUT2D eigenvalue weighted by molar-refractivity contribution is -0.116. The highest BCUT2D eigenvalue weighted by molar-refractivity contribution is 7.10. The lowest BCUT2D eigenvalue weighted by atomic mass is 9.73. The van der Waals surface area contributed by atoms with Crippen LogP contribution in [0.25, 0.3) is 5.69 Å². The van der Waals surface area contributed by atoms with Crippen LogP contribution in [0.4, 0.5) is 5.82 Å². The lowest BCUT2D eigenvalue weighted by Gasteiger charge is -2.36. The SMILES string of the molecule is COc1cc(OC)c([C@H]2C3=C(C[C@@H](c4cccs4)CC3=O)Nc3c2c(C)nn3-c2ccccc2C(=O)O)cc1OC. The number of Topliss-reactive ketones (excluding diaryl/α,β-unsaturated/α-hetero) is 1. The topological polar surface area (TPSA) is 112 Å². The van der Waals surface area contributed by atoms with E-state index in [-0.39, 0.29) is 17.3 Å². The average Bonchev–Trinajstić information content (AvgIpc) is 3.64. The average molecular weight is 572 g/mol. The van der Waals surface area contributed by atoms with Crippen LogP contribution < -0.4 is 19.5 Å². The van der Waals surface area contributed by atoms with Crippen molar-refractivity contribution in [2.75, 3.05) is 26.6 Å². The van der Waals surface area contributed by atoms with Gasteiger partial charge < -0.3 is 24.6 Å². The smallest absolute Gasteiger partial charge is 0.337 e. The fourth-order valence-electron chi connectivity index (χ4n) is 6.00. The zero-order valence-corrected chi connectivity index (χ0v) is 23.9. The number of para-hydroxylation sites is 1. The number of aryl methyl sites for hydroxylation is 1. The molecule has 0 bridgehead atoms. The van der Waals surface area contributed by atoms with E-state index >= 15 is 0 Å². The summed E-state index contributed by atoms with van der Waals surface area (Å²) >= 11 is 1.64. The monoisotopic (exact) mass is 571 g/mol. The van der Waals surface area contributed by atoms with Crippen LogP contribution in [0.15, 0.2) is 65.2 Å². The molecule has 0 spiro atoms. The minimum absolute atomic E-state index is 0.0343. The molecule has 9 nitrogen and oxygen atoms in total. The number of nitrogens with zero attached hydrogens (tertiary/aromatic N) is 2. The summed E-state index contributed by atoms with van der Waals surface area (Å²) in [4.78, 5) is 27.4. The molecule has 0 radical (unpaired) electrons. The molecule has 0 amide bonds. The van der Waals surface area contributed by atoms with E-state index in [0.717, 1.165) is 21.7 Å². The number of ether oxygens (including phenoxy) is 3. The molecule has 0 unspecified atom stereocenters. The maximum absolute atomic E-state index is 14.0. The number of carbonyl (C=O) groups is 2. The Morgan fingerprint density at radius 2 is 1.76 bits per heavy atom. The van der Waals surface area contributed by atoms with Gasteiger partial charge in [-0.05, 0) is 43.0 Å². The number of nitrogens with one attached hydrogen (secondary N) is 1. The largest absolute Gasteiger partial charge is 0.496 e. The first-order valence-electron chi connectivity index (χ1n) is 13.1. The van der Waals surface area contributed by atoms with Gasteiger partial charge in [0.15, 0.2) is 17.3 Å². The van der Waals surface area contributed by atoms with E-state index in [1.807, 2.05) is 24.4 Å². The number of hydrogen-bond acceptors (Lipinski definition) is 8. The normalized spacial score (nSPS) is 17.9. The van der Waals surface area contributed by atoms with Gasteiger partial charge in [-0.2, -0.15) is 5.10 Å². The number of methoxy groups -OCH3 is 3. The van der Waals surface area contributed by atoms with Gasteiger partial charge >= 0.3 is 5.97 Å². The van der Waals surface area contributed by atoms with Crippen LogP contribution in [-0.2, 0) is 4.79 Å². The highest BCUT2D eigenvalue weighted by Crippen LogP contribution is 2.53. The molecule has 10 heteroatoms. The number of hydrogen-bond donors (Lipinski definition) is 2. The Kier molecular flexibility index (Phi) is 6.78. The second kappa shape index (κ2) is 10.4. The Labute approximate surface area is 241 Å². The summed E-state index contributed by atoms with van der Waals surface area (Å²) in [6, 6.07) is 14.4. The van der Waals surface area contributed by atoms with Crippen LogP contribution in [0.1, 0.15) is 56.7 Å². The second-order valence-corrected chi connectivity index (χ2v) is 11.0. The maximum Gasteiger partial charge on any atom is 0.337 e. The third-order valence-electron chi connectivity index (χ3n) is 7.82. The standard InChI is InChI=1S/C31H29N3O6S/c1-16-27-28(19-14-24(39-3)25(40-4)15-23(19)38-2)29-20(12-17(13-22(29)35)26-10-7-11-41-26)32-30(27)34(33-16)21-9-6-5-8-18(21)31(36)37/h5-11,14-15,17,28,32H,12-13H2,1-4H3,(H,36,37)/t17-,28-/m1/s1.